The first-order valence-electron chi connectivity index (χ1n) is 5.34. The summed E-state index contributed by atoms with van der Waals surface area (Å²) < 4.78 is 0. The van der Waals surface area contributed by atoms with E-state index in [1.807, 2.05) is 0 Å². The van der Waals surface area contributed by atoms with Crippen molar-refractivity contribution in [1.82, 2.24) is 10.6 Å². The van der Waals surface area contributed by atoms with Gasteiger partial charge in [-0.25, -0.2) is 4.79 Å². The van der Waals surface area contributed by atoms with E-state index in [0.717, 1.165) is 0 Å². The van der Waals surface area contributed by atoms with E-state index < -0.39 is 12.0 Å². The van der Waals surface area contributed by atoms with E-state index in [1.54, 1.807) is 0 Å². The van der Waals surface area contributed by atoms with Crippen LogP contribution in [0.25, 0.3) is 0 Å². The highest BCUT2D eigenvalue weighted by molar-refractivity contribution is 7.81. The Kier molecular flexibility index (Phi) is 8.21. The summed E-state index contributed by atoms with van der Waals surface area (Å²) in [5.41, 5.74) is 0. The van der Waals surface area contributed by atoms with E-state index in [1.165, 1.54) is 6.92 Å². The fraction of sp³-hybridized carbons (Fsp3) is 0.700. The van der Waals surface area contributed by atoms with Crippen molar-refractivity contribution < 1.29 is 19.5 Å². The van der Waals surface area contributed by atoms with Gasteiger partial charge in [-0.05, 0) is 19.3 Å². The Morgan fingerprint density at radius 3 is 2.41 bits per heavy atom. The largest absolute Gasteiger partial charge is 0.480 e. The molecule has 3 N–H and O–H groups in total. The van der Waals surface area contributed by atoms with Crippen LogP contribution in [0.2, 0.25) is 0 Å². The number of unbranched alkanes of at least 4 members (excludes halogenated alkanes) is 1. The number of amides is 2. The lowest BCUT2D eigenvalue weighted by Gasteiger charge is -2.12. The normalized spacial score (nSPS) is 11.6. The highest BCUT2D eigenvalue weighted by Crippen LogP contribution is 2.01. The lowest BCUT2D eigenvalue weighted by molar-refractivity contribution is -0.141. The molecule has 98 valence electrons. The molecule has 0 aromatic heterocycles. The molecule has 0 bridgehead atoms. The Morgan fingerprint density at radius 1 is 1.29 bits per heavy atom. The summed E-state index contributed by atoms with van der Waals surface area (Å²) >= 11 is 3.80. The summed E-state index contributed by atoms with van der Waals surface area (Å²) in [5, 5.41) is 13.8. The zero-order chi connectivity index (χ0) is 13.3. The second-order valence-corrected chi connectivity index (χ2v) is 3.91. The van der Waals surface area contributed by atoms with Crippen molar-refractivity contribution in [2.75, 3.05) is 12.3 Å². The zero-order valence-corrected chi connectivity index (χ0v) is 10.6. The quantitative estimate of drug-likeness (QED) is 0.359. The van der Waals surface area contributed by atoms with Crippen LogP contribution in [0.5, 0.6) is 0 Å². The van der Waals surface area contributed by atoms with Crippen molar-refractivity contribution in [1.29, 1.82) is 0 Å². The summed E-state index contributed by atoms with van der Waals surface area (Å²) in [6, 6.07) is -0.854. The lowest BCUT2D eigenvalue weighted by Crippen LogP contribution is -2.39. The maximum atomic E-state index is 10.8. The summed E-state index contributed by atoms with van der Waals surface area (Å²) in [4.78, 5) is 32.3. The fourth-order valence-electron chi connectivity index (χ4n) is 1.26. The van der Waals surface area contributed by atoms with Crippen LogP contribution in [0.15, 0.2) is 0 Å². The Balaban J connectivity index is 3.72. The molecule has 0 rings (SSSR count). The molecule has 17 heavy (non-hydrogen) atoms. The van der Waals surface area contributed by atoms with Gasteiger partial charge in [-0.3, -0.25) is 9.59 Å². The number of carboxylic acids is 1. The van der Waals surface area contributed by atoms with Crippen LogP contribution in [-0.2, 0) is 14.4 Å². The van der Waals surface area contributed by atoms with E-state index in [2.05, 4.69) is 23.3 Å². The average Bonchev–Trinajstić information content (AvgIpc) is 2.25. The maximum absolute atomic E-state index is 10.8. The number of rotatable bonds is 8. The molecule has 0 aromatic rings. The molecule has 6 nitrogen and oxygen atoms in total. The molecule has 0 spiro atoms. The van der Waals surface area contributed by atoms with Gasteiger partial charge in [0.05, 0.1) is 5.75 Å². The van der Waals surface area contributed by atoms with Gasteiger partial charge in [0.2, 0.25) is 11.8 Å². The number of carbonyl (C=O) groups excluding carboxylic acids is 2. The predicted octanol–water partition coefficient (Wildman–Crippen LogP) is -0.208. The monoisotopic (exact) mass is 262 g/mol. The van der Waals surface area contributed by atoms with Gasteiger partial charge in [0, 0.05) is 13.5 Å². The van der Waals surface area contributed by atoms with Crippen molar-refractivity contribution in [3.8, 4) is 0 Å². The molecule has 1 unspecified atom stereocenters. The van der Waals surface area contributed by atoms with Gasteiger partial charge in [-0.1, -0.05) is 0 Å². The van der Waals surface area contributed by atoms with Gasteiger partial charge in [0.1, 0.15) is 6.04 Å². The molecule has 0 heterocycles. The molecular formula is C10H18N2O4S. The van der Waals surface area contributed by atoms with E-state index in [0.29, 0.717) is 25.8 Å². The number of carbonyl (C=O) groups is 3. The van der Waals surface area contributed by atoms with Crippen molar-refractivity contribution in [3.05, 3.63) is 0 Å². The van der Waals surface area contributed by atoms with Crippen molar-refractivity contribution in [2.45, 2.75) is 32.2 Å². The Bertz CT molecular complexity index is 283. The fourth-order valence-corrected chi connectivity index (χ4v) is 1.37. The Hall–Kier alpha value is -1.24. The smallest absolute Gasteiger partial charge is 0.326 e. The van der Waals surface area contributed by atoms with Crippen LogP contribution in [0.3, 0.4) is 0 Å². The number of hydrogen-bond donors (Lipinski definition) is 4. The third-order valence-electron chi connectivity index (χ3n) is 2.06. The van der Waals surface area contributed by atoms with Crippen LogP contribution in [-0.4, -0.2) is 41.2 Å². The zero-order valence-electron chi connectivity index (χ0n) is 9.73. The van der Waals surface area contributed by atoms with Gasteiger partial charge in [-0.15, -0.1) is 0 Å². The molecule has 0 saturated carbocycles. The van der Waals surface area contributed by atoms with Crippen molar-refractivity contribution >= 4 is 30.4 Å². The van der Waals surface area contributed by atoms with Gasteiger partial charge >= 0.3 is 5.97 Å². The molecular weight excluding hydrogens is 244 g/mol. The van der Waals surface area contributed by atoms with E-state index in [4.69, 9.17) is 5.11 Å². The molecule has 0 aliphatic rings. The summed E-state index contributed by atoms with van der Waals surface area (Å²) in [5.74, 6) is -1.41. The third-order valence-corrected chi connectivity index (χ3v) is 2.35. The minimum Gasteiger partial charge on any atom is -0.480 e. The first-order chi connectivity index (χ1) is 7.97. The van der Waals surface area contributed by atoms with Crippen molar-refractivity contribution in [3.63, 3.8) is 0 Å². The van der Waals surface area contributed by atoms with Crippen LogP contribution in [0.1, 0.15) is 26.2 Å². The first-order valence-corrected chi connectivity index (χ1v) is 5.98. The van der Waals surface area contributed by atoms with Gasteiger partial charge in [0.15, 0.2) is 0 Å². The minimum absolute atomic E-state index is 0.143. The topological polar surface area (TPSA) is 95.5 Å². The molecule has 0 radical (unpaired) electrons. The second-order valence-electron chi connectivity index (χ2n) is 3.60. The molecule has 2 amide bonds. The highest BCUT2D eigenvalue weighted by Gasteiger charge is 2.17. The lowest BCUT2D eigenvalue weighted by atomic mass is 10.1. The van der Waals surface area contributed by atoms with Gasteiger partial charge in [0.25, 0.3) is 0 Å². The number of aliphatic carboxylic acids is 1. The highest BCUT2D eigenvalue weighted by atomic mass is 32.1. The minimum atomic E-state index is -1.04. The summed E-state index contributed by atoms with van der Waals surface area (Å²) in [6.45, 7) is 1.77. The average molecular weight is 262 g/mol. The molecule has 0 aliphatic heterocycles. The SMILES string of the molecule is CC(=O)NC(CCCCNC(=O)CS)C(=O)O. The summed E-state index contributed by atoms with van der Waals surface area (Å²) in [6.07, 6.45) is 1.64. The molecule has 1 atom stereocenters. The molecule has 0 saturated heterocycles. The van der Waals surface area contributed by atoms with Crippen LogP contribution < -0.4 is 10.6 Å². The molecule has 7 heteroatoms. The van der Waals surface area contributed by atoms with Crippen LogP contribution >= 0.6 is 12.6 Å². The van der Waals surface area contributed by atoms with Crippen LogP contribution in [0, 0.1) is 0 Å². The standard InChI is InChI=1S/C10H18N2O4S/c1-7(13)12-8(10(15)16)4-2-3-5-11-9(14)6-17/h8,17H,2-6H2,1H3,(H,11,14)(H,12,13)(H,15,16). The number of thiol groups is 1. The molecule has 0 fully saturated rings. The predicted molar refractivity (Wildman–Crippen MR) is 66.0 cm³/mol. The van der Waals surface area contributed by atoms with E-state index in [-0.39, 0.29) is 17.6 Å². The maximum Gasteiger partial charge on any atom is 0.326 e. The van der Waals surface area contributed by atoms with Gasteiger partial charge in [-0.2, -0.15) is 12.6 Å². The molecule has 0 aliphatic carbocycles. The number of hydrogen-bond acceptors (Lipinski definition) is 4. The number of nitrogens with one attached hydrogen (secondary N) is 2. The molecule has 0 aromatic carbocycles. The first kappa shape index (κ1) is 15.8. The summed E-state index contributed by atoms with van der Waals surface area (Å²) in [7, 11) is 0. The third kappa shape index (κ3) is 8.56. The Morgan fingerprint density at radius 2 is 1.94 bits per heavy atom. The Labute approximate surface area is 106 Å². The van der Waals surface area contributed by atoms with Crippen LogP contribution in [0.4, 0.5) is 0 Å². The van der Waals surface area contributed by atoms with E-state index >= 15 is 0 Å². The van der Waals surface area contributed by atoms with E-state index in [9.17, 15) is 14.4 Å². The van der Waals surface area contributed by atoms with Gasteiger partial charge < -0.3 is 15.7 Å². The number of carboxylic acid groups (broad SMARTS) is 1. The second kappa shape index (κ2) is 8.86. The van der Waals surface area contributed by atoms with Crippen molar-refractivity contribution in [2.24, 2.45) is 0 Å².